The maximum atomic E-state index is 11.7. The molecule has 1 aliphatic carbocycles. The molecule has 0 aromatic carbocycles. The zero-order valence-electron chi connectivity index (χ0n) is 12.8. The zero-order chi connectivity index (χ0) is 14.9. The summed E-state index contributed by atoms with van der Waals surface area (Å²) in [7, 11) is 0. The number of hydrogen-bond donors (Lipinski definition) is 1. The third-order valence-electron chi connectivity index (χ3n) is 5.23. The van der Waals surface area contributed by atoms with Gasteiger partial charge in [0.25, 0.3) is 0 Å². The monoisotopic (exact) mass is 307 g/mol. The Kier molecular flexibility index (Phi) is 4.36. The number of carboxylic acid groups (broad SMARTS) is 1. The number of piperidine rings is 1. The Morgan fingerprint density at radius 3 is 2.67 bits per heavy atom. The summed E-state index contributed by atoms with van der Waals surface area (Å²) in [4.78, 5) is 15.7. The second kappa shape index (κ2) is 6.09. The SMILES string of the molecule is CCCC1(C(=O)O)CCN(C(c2cccs2)C2CC2)CC1. The van der Waals surface area contributed by atoms with E-state index >= 15 is 0 Å². The van der Waals surface area contributed by atoms with E-state index in [-0.39, 0.29) is 0 Å². The molecule has 1 atom stereocenters. The highest BCUT2D eigenvalue weighted by molar-refractivity contribution is 7.10. The molecule has 2 heterocycles. The van der Waals surface area contributed by atoms with E-state index in [9.17, 15) is 9.90 Å². The smallest absolute Gasteiger partial charge is 0.309 e. The third kappa shape index (κ3) is 3.02. The average Bonchev–Trinajstić information content (AvgIpc) is 3.16. The predicted octanol–water partition coefficient (Wildman–Crippen LogP) is 4.17. The Balaban J connectivity index is 1.70. The van der Waals surface area contributed by atoms with E-state index in [1.807, 2.05) is 11.3 Å². The number of carboxylic acids is 1. The summed E-state index contributed by atoms with van der Waals surface area (Å²) < 4.78 is 0. The van der Waals surface area contributed by atoms with Gasteiger partial charge in [0.2, 0.25) is 0 Å². The van der Waals surface area contributed by atoms with Crippen LogP contribution in [0.4, 0.5) is 0 Å². The average molecular weight is 307 g/mol. The standard InChI is InChI=1S/C17H25NO2S/c1-2-7-17(16(19)20)8-10-18(11-9-17)15(13-5-6-13)14-4-3-12-21-14/h3-4,12-13,15H,2,5-11H2,1H3,(H,19,20). The van der Waals surface area contributed by atoms with Gasteiger partial charge in [-0.15, -0.1) is 11.3 Å². The highest BCUT2D eigenvalue weighted by Crippen LogP contribution is 2.48. The summed E-state index contributed by atoms with van der Waals surface area (Å²) in [6.45, 7) is 3.96. The van der Waals surface area contributed by atoms with Gasteiger partial charge in [0.1, 0.15) is 0 Å². The van der Waals surface area contributed by atoms with E-state index in [2.05, 4.69) is 29.3 Å². The molecule has 1 aliphatic heterocycles. The molecule has 21 heavy (non-hydrogen) atoms. The molecule has 2 fully saturated rings. The molecular weight excluding hydrogens is 282 g/mol. The number of aliphatic carboxylic acids is 1. The normalized spacial score (nSPS) is 23.9. The van der Waals surface area contributed by atoms with Crippen molar-refractivity contribution in [3.63, 3.8) is 0 Å². The summed E-state index contributed by atoms with van der Waals surface area (Å²) >= 11 is 1.85. The molecule has 3 nitrogen and oxygen atoms in total. The Bertz CT molecular complexity index is 473. The minimum atomic E-state index is -0.580. The summed E-state index contributed by atoms with van der Waals surface area (Å²) in [5, 5.41) is 11.8. The minimum Gasteiger partial charge on any atom is -0.481 e. The fourth-order valence-corrected chi connectivity index (χ4v) is 4.81. The van der Waals surface area contributed by atoms with Gasteiger partial charge in [0.05, 0.1) is 5.41 Å². The second-order valence-electron chi connectivity index (χ2n) is 6.67. The van der Waals surface area contributed by atoms with E-state index in [1.54, 1.807) is 0 Å². The van der Waals surface area contributed by atoms with Crippen molar-refractivity contribution in [2.75, 3.05) is 13.1 Å². The Labute approximate surface area is 131 Å². The topological polar surface area (TPSA) is 40.5 Å². The van der Waals surface area contributed by atoms with Gasteiger partial charge < -0.3 is 5.11 Å². The van der Waals surface area contributed by atoms with Crippen LogP contribution in [0, 0.1) is 11.3 Å². The lowest BCUT2D eigenvalue weighted by Gasteiger charge is -2.42. The van der Waals surface area contributed by atoms with E-state index < -0.39 is 11.4 Å². The number of carbonyl (C=O) groups is 1. The quantitative estimate of drug-likeness (QED) is 0.857. The first-order valence-electron chi connectivity index (χ1n) is 8.17. The number of thiophene rings is 1. The molecule has 2 aliphatic rings. The van der Waals surface area contributed by atoms with Crippen molar-refractivity contribution in [3.8, 4) is 0 Å². The molecule has 4 heteroatoms. The van der Waals surface area contributed by atoms with Gasteiger partial charge >= 0.3 is 5.97 Å². The number of likely N-dealkylation sites (tertiary alicyclic amines) is 1. The molecule has 0 radical (unpaired) electrons. The Hall–Kier alpha value is -0.870. The van der Waals surface area contributed by atoms with Gasteiger partial charge in [-0.2, -0.15) is 0 Å². The molecule has 1 unspecified atom stereocenters. The predicted molar refractivity (Wildman–Crippen MR) is 85.6 cm³/mol. The molecule has 0 spiro atoms. The summed E-state index contributed by atoms with van der Waals surface area (Å²) in [6.07, 6.45) is 6.07. The van der Waals surface area contributed by atoms with Crippen LogP contribution in [0.2, 0.25) is 0 Å². The summed E-state index contributed by atoms with van der Waals surface area (Å²) in [5.41, 5.74) is -0.463. The van der Waals surface area contributed by atoms with Crippen LogP contribution in [-0.4, -0.2) is 29.1 Å². The molecule has 1 N–H and O–H groups in total. The van der Waals surface area contributed by atoms with Crippen molar-refractivity contribution in [3.05, 3.63) is 22.4 Å². The maximum absolute atomic E-state index is 11.7. The van der Waals surface area contributed by atoms with E-state index in [0.717, 1.165) is 44.7 Å². The van der Waals surface area contributed by atoms with Gasteiger partial charge in [-0.1, -0.05) is 19.4 Å². The van der Waals surface area contributed by atoms with Crippen molar-refractivity contribution >= 4 is 17.3 Å². The minimum absolute atomic E-state index is 0.463. The van der Waals surface area contributed by atoms with Crippen LogP contribution < -0.4 is 0 Å². The summed E-state index contributed by atoms with van der Waals surface area (Å²) in [6, 6.07) is 4.93. The molecule has 116 valence electrons. The maximum Gasteiger partial charge on any atom is 0.309 e. The largest absolute Gasteiger partial charge is 0.481 e. The van der Waals surface area contributed by atoms with Gasteiger partial charge in [0.15, 0.2) is 0 Å². The van der Waals surface area contributed by atoms with Crippen molar-refractivity contribution in [1.29, 1.82) is 0 Å². The molecular formula is C17H25NO2S. The van der Waals surface area contributed by atoms with Crippen molar-refractivity contribution in [2.24, 2.45) is 11.3 Å². The van der Waals surface area contributed by atoms with Gasteiger partial charge in [-0.05, 0) is 62.6 Å². The van der Waals surface area contributed by atoms with Gasteiger partial charge in [0, 0.05) is 10.9 Å². The molecule has 1 saturated heterocycles. The molecule has 0 bridgehead atoms. The summed E-state index contributed by atoms with van der Waals surface area (Å²) in [5.74, 6) is 0.218. The highest BCUT2D eigenvalue weighted by Gasteiger charge is 2.44. The first-order valence-corrected chi connectivity index (χ1v) is 9.05. The van der Waals surface area contributed by atoms with Gasteiger partial charge in [-0.3, -0.25) is 9.69 Å². The van der Waals surface area contributed by atoms with Crippen molar-refractivity contribution in [1.82, 2.24) is 4.90 Å². The fourth-order valence-electron chi connectivity index (χ4n) is 3.86. The highest BCUT2D eigenvalue weighted by atomic mass is 32.1. The molecule has 0 amide bonds. The molecule has 1 aromatic heterocycles. The zero-order valence-corrected chi connectivity index (χ0v) is 13.6. The Morgan fingerprint density at radius 2 is 2.19 bits per heavy atom. The number of rotatable bonds is 6. The third-order valence-corrected chi connectivity index (χ3v) is 6.18. The fraction of sp³-hybridized carbons (Fsp3) is 0.706. The van der Waals surface area contributed by atoms with Gasteiger partial charge in [-0.25, -0.2) is 0 Å². The molecule has 3 rings (SSSR count). The van der Waals surface area contributed by atoms with E-state index in [1.165, 1.54) is 17.7 Å². The van der Waals surface area contributed by atoms with Crippen LogP contribution in [-0.2, 0) is 4.79 Å². The van der Waals surface area contributed by atoms with Crippen LogP contribution >= 0.6 is 11.3 Å². The Morgan fingerprint density at radius 1 is 1.48 bits per heavy atom. The number of nitrogens with zero attached hydrogens (tertiary/aromatic N) is 1. The van der Waals surface area contributed by atoms with E-state index in [4.69, 9.17) is 0 Å². The lowest BCUT2D eigenvalue weighted by atomic mass is 9.74. The first kappa shape index (κ1) is 15.0. The first-order chi connectivity index (χ1) is 10.2. The van der Waals surface area contributed by atoms with Crippen LogP contribution in [0.3, 0.4) is 0 Å². The lowest BCUT2D eigenvalue weighted by Crippen LogP contribution is -2.45. The molecule has 1 saturated carbocycles. The van der Waals surface area contributed by atoms with Crippen LogP contribution in [0.15, 0.2) is 17.5 Å². The van der Waals surface area contributed by atoms with Crippen LogP contribution in [0.5, 0.6) is 0 Å². The van der Waals surface area contributed by atoms with Crippen LogP contribution in [0.1, 0.15) is 56.4 Å². The number of hydrogen-bond acceptors (Lipinski definition) is 3. The molecule has 1 aromatic rings. The van der Waals surface area contributed by atoms with Crippen molar-refractivity contribution < 1.29 is 9.90 Å². The van der Waals surface area contributed by atoms with E-state index in [0.29, 0.717) is 6.04 Å². The van der Waals surface area contributed by atoms with Crippen molar-refractivity contribution in [2.45, 2.75) is 51.5 Å². The second-order valence-corrected chi connectivity index (χ2v) is 7.65. The van der Waals surface area contributed by atoms with Crippen LogP contribution in [0.25, 0.3) is 0 Å². The lowest BCUT2D eigenvalue weighted by molar-refractivity contribution is -0.153.